The Morgan fingerprint density at radius 1 is 1.50 bits per heavy atom. The molecule has 0 saturated carbocycles. The van der Waals surface area contributed by atoms with Gasteiger partial charge < -0.3 is 15.9 Å². The lowest BCUT2D eigenvalue weighted by Gasteiger charge is -2.18. The van der Waals surface area contributed by atoms with Crippen LogP contribution in [0.4, 0.5) is 10.1 Å². The standard InChI is InChI=1S/C11H13FN2O2/c1-6-4-7(12)5-8(10(6)14)11(16)9(15)2-3-13/h4-5,9,11,15-16H,2,14H2,1H3. The highest BCUT2D eigenvalue weighted by molar-refractivity contribution is 5.54. The van der Waals surface area contributed by atoms with E-state index in [1.165, 1.54) is 6.07 Å². The molecule has 0 fully saturated rings. The van der Waals surface area contributed by atoms with Crippen LogP contribution >= 0.6 is 0 Å². The van der Waals surface area contributed by atoms with Crippen LogP contribution in [0, 0.1) is 24.1 Å². The van der Waals surface area contributed by atoms with Gasteiger partial charge in [0.1, 0.15) is 11.9 Å². The highest BCUT2D eigenvalue weighted by Gasteiger charge is 2.21. The summed E-state index contributed by atoms with van der Waals surface area (Å²) in [6.07, 6.45) is -2.86. The second-order valence-electron chi connectivity index (χ2n) is 3.60. The molecule has 2 atom stereocenters. The Kier molecular flexibility index (Phi) is 3.82. The quantitative estimate of drug-likeness (QED) is 0.669. The SMILES string of the molecule is Cc1cc(F)cc(C(O)C(O)CC#N)c1N. The number of nitrogens with two attached hydrogens (primary N) is 1. The molecule has 2 unspecified atom stereocenters. The number of anilines is 1. The van der Waals surface area contributed by atoms with Crippen molar-refractivity contribution < 1.29 is 14.6 Å². The van der Waals surface area contributed by atoms with Gasteiger partial charge in [0, 0.05) is 11.3 Å². The monoisotopic (exact) mass is 224 g/mol. The van der Waals surface area contributed by atoms with Gasteiger partial charge in [0.05, 0.1) is 18.6 Å². The van der Waals surface area contributed by atoms with E-state index < -0.39 is 18.0 Å². The second-order valence-corrected chi connectivity index (χ2v) is 3.60. The van der Waals surface area contributed by atoms with E-state index in [9.17, 15) is 14.6 Å². The summed E-state index contributed by atoms with van der Waals surface area (Å²) in [5, 5.41) is 27.5. The number of aliphatic hydroxyl groups excluding tert-OH is 2. The first-order chi connectivity index (χ1) is 7.47. The van der Waals surface area contributed by atoms with Crippen molar-refractivity contribution in [3.05, 3.63) is 29.1 Å². The molecule has 0 aliphatic heterocycles. The molecule has 0 spiro atoms. The predicted molar refractivity (Wildman–Crippen MR) is 56.7 cm³/mol. The Balaban J connectivity index is 3.08. The number of nitriles is 1. The van der Waals surface area contributed by atoms with E-state index in [2.05, 4.69) is 0 Å². The largest absolute Gasteiger partial charge is 0.398 e. The first-order valence-corrected chi connectivity index (χ1v) is 4.76. The number of aryl methyl sites for hydroxylation is 1. The molecule has 86 valence electrons. The van der Waals surface area contributed by atoms with E-state index in [1.807, 2.05) is 0 Å². The van der Waals surface area contributed by atoms with E-state index in [-0.39, 0.29) is 17.7 Å². The normalized spacial score (nSPS) is 14.2. The molecule has 4 nitrogen and oxygen atoms in total. The van der Waals surface area contributed by atoms with Crippen LogP contribution < -0.4 is 5.73 Å². The molecular weight excluding hydrogens is 211 g/mol. The van der Waals surface area contributed by atoms with E-state index in [4.69, 9.17) is 11.0 Å². The molecule has 16 heavy (non-hydrogen) atoms. The molecule has 0 saturated heterocycles. The molecule has 0 aliphatic rings. The molecule has 0 bridgehead atoms. The number of nitrogen functional groups attached to an aromatic ring is 1. The zero-order valence-electron chi connectivity index (χ0n) is 8.81. The van der Waals surface area contributed by atoms with Gasteiger partial charge in [-0.25, -0.2) is 4.39 Å². The maximum atomic E-state index is 13.1. The third kappa shape index (κ3) is 2.48. The number of aliphatic hydroxyl groups is 2. The molecule has 1 aromatic rings. The molecule has 0 radical (unpaired) electrons. The van der Waals surface area contributed by atoms with Crippen LogP contribution in [0.25, 0.3) is 0 Å². The van der Waals surface area contributed by atoms with Crippen LogP contribution in [0.2, 0.25) is 0 Å². The van der Waals surface area contributed by atoms with E-state index >= 15 is 0 Å². The lowest BCUT2D eigenvalue weighted by atomic mass is 9.98. The summed E-state index contributed by atoms with van der Waals surface area (Å²) in [4.78, 5) is 0. The fraction of sp³-hybridized carbons (Fsp3) is 0.364. The predicted octanol–water partition coefficient (Wildman–Crippen LogP) is 1.02. The number of hydrogen-bond donors (Lipinski definition) is 3. The van der Waals surface area contributed by atoms with Crippen LogP contribution in [-0.2, 0) is 0 Å². The molecule has 0 aromatic heterocycles. The minimum Gasteiger partial charge on any atom is -0.398 e. The lowest BCUT2D eigenvalue weighted by molar-refractivity contribution is 0.0219. The number of benzene rings is 1. The molecular formula is C11H13FN2O2. The van der Waals surface area contributed by atoms with Gasteiger partial charge in [0.15, 0.2) is 0 Å². The van der Waals surface area contributed by atoms with Crippen molar-refractivity contribution in [2.75, 3.05) is 5.73 Å². The summed E-state index contributed by atoms with van der Waals surface area (Å²) in [5.41, 5.74) is 6.49. The minimum absolute atomic E-state index is 0.111. The molecule has 0 amide bonds. The van der Waals surface area contributed by atoms with Gasteiger partial charge in [0.25, 0.3) is 0 Å². The van der Waals surface area contributed by atoms with Crippen molar-refractivity contribution in [1.29, 1.82) is 5.26 Å². The van der Waals surface area contributed by atoms with Crippen molar-refractivity contribution in [3.63, 3.8) is 0 Å². The molecule has 1 rings (SSSR count). The second kappa shape index (κ2) is 4.92. The summed E-state index contributed by atoms with van der Waals surface area (Å²) in [5.74, 6) is -0.537. The summed E-state index contributed by atoms with van der Waals surface area (Å²) in [7, 11) is 0. The highest BCUT2D eigenvalue weighted by Crippen LogP contribution is 2.28. The van der Waals surface area contributed by atoms with E-state index in [0.29, 0.717) is 5.56 Å². The third-order valence-corrected chi connectivity index (χ3v) is 2.37. The zero-order valence-corrected chi connectivity index (χ0v) is 8.81. The maximum absolute atomic E-state index is 13.1. The summed E-state index contributed by atoms with van der Waals surface area (Å²) < 4.78 is 13.1. The molecule has 0 aliphatic carbocycles. The van der Waals surface area contributed by atoms with Crippen LogP contribution in [0.3, 0.4) is 0 Å². The highest BCUT2D eigenvalue weighted by atomic mass is 19.1. The third-order valence-electron chi connectivity index (χ3n) is 2.37. The number of rotatable bonds is 3. The first-order valence-electron chi connectivity index (χ1n) is 4.76. The van der Waals surface area contributed by atoms with Gasteiger partial charge in [-0.2, -0.15) is 5.26 Å². The Bertz CT molecular complexity index is 429. The fourth-order valence-corrected chi connectivity index (χ4v) is 1.44. The van der Waals surface area contributed by atoms with Crippen molar-refractivity contribution in [2.45, 2.75) is 25.6 Å². The molecule has 1 aromatic carbocycles. The summed E-state index contributed by atoms with van der Waals surface area (Å²) in [6.45, 7) is 1.60. The van der Waals surface area contributed by atoms with Crippen LogP contribution in [0.1, 0.15) is 23.7 Å². The smallest absolute Gasteiger partial charge is 0.123 e. The summed E-state index contributed by atoms with van der Waals surface area (Å²) in [6, 6.07) is 4.02. The molecule has 5 heteroatoms. The average molecular weight is 224 g/mol. The topological polar surface area (TPSA) is 90.3 Å². The zero-order chi connectivity index (χ0) is 12.3. The lowest BCUT2D eigenvalue weighted by Crippen LogP contribution is -2.19. The van der Waals surface area contributed by atoms with Gasteiger partial charge >= 0.3 is 0 Å². The minimum atomic E-state index is -1.35. The molecule has 4 N–H and O–H groups in total. The Hall–Kier alpha value is -1.64. The average Bonchev–Trinajstić information content (AvgIpc) is 2.22. The van der Waals surface area contributed by atoms with Crippen LogP contribution in [0.15, 0.2) is 12.1 Å². The summed E-state index contributed by atoms with van der Waals surface area (Å²) >= 11 is 0. The van der Waals surface area contributed by atoms with Crippen molar-refractivity contribution in [3.8, 4) is 6.07 Å². The van der Waals surface area contributed by atoms with E-state index in [1.54, 1.807) is 13.0 Å². The van der Waals surface area contributed by atoms with Gasteiger partial charge in [-0.3, -0.25) is 0 Å². The van der Waals surface area contributed by atoms with Gasteiger partial charge in [-0.05, 0) is 24.6 Å². The van der Waals surface area contributed by atoms with Crippen LogP contribution in [0.5, 0.6) is 0 Å². The van der Waals surface area contributed by atoms with Crippen molar-refractivity contribution >= 4 is 5.69 Å². The number of hydrogen-bond acceptors (Lipinski definition) is 4. The van der Waals surface area contributed by atoms with Gasteiger partial charge in [-0.1, -0.05) is 0 Å². The number of halogens is 1. The van der Waals surface area contributed by atoms with Gasteiger partial charge in [0.2, 0.25) is 0 Å². The van der Waals surface area contributed by atoms with Crippen molar-refractivity contribution in [2.24, 2.45) is 0 Å². The van der Waals surface area contributed by atoms with Gasteiger partial charge in [-0.15, -0.1) is 0 Å². The van der Waals surface area contributed by atoms with E-state index in [0.717, 1.165) is 6.07 Å². The number of nitrogens with zero attached hydrogens (tertiary/aromatic N) is 1. The Labute approximate surface area is 92.7 Å². The molecule has 0 heterocycles. The first kappa shape index (κ1) is 12.4. The maximum Gasteiger partial charge on any atom is 0.123 e. The Morgan fingerprint density at radius 3 is 2.69 bits per heavy atom. The van der Waals surface area contributed by atoms with Crippen molar-refractivity contribution in [1.82, 2.24) is 0 Å². The van der Waals surface area contributed by atoms with Crippen LogP contribution in [-0.4, -0.2) is 16.3 Å². The fourth-order valence-electron chi connectivity index (χ4n) is 1.44. The Morgan fingerprint density at radius 2 is 2.12 bits per heavy atom.